The van der Waals surface area contributed by atoms with Gasteiger partial charge in [-0.05, 0) is 44.4 Å². The first-order valence-corrected chi connectivity index (χ1v) is 10.1. The Morgan fingerprint density at radius 3 is 2.83 bits per heavy atom. The Morgan fingerprint density at radius 1 is 1.27 bits per heavy atom. The molecule has 2 heterocycles. The Kier molecular flexibility index (Phi) is 5.62. The Labute approximate surface area is 175 Å². The summed E-state index contributed by atoms with van der Waals surface area (Å²) >= 11 is 0. The number of rotatable bonds is 7. The van der Waals surface area contributed by atoms with Gasteiger partial charge in [0.2, 0.25) is 0 Å². The number of H-pyrrole nitrogens is 1. The van der Waals surface area contributed by atoms with Gasteiger partial charge in [0, 0.05) is 32.4 Å². The predicted octanol–water partition coefficient (Wildman–Crippen LogP) is 4.15. The summed E-state index contributed by atoms with van der Waals surface area (Å²) in [6.07, 6.45) is 3.80. The maximum absolute atomic E-state index is 13.8. The number of benzene rings is 1. The van der Waals surface area contributed by atoms with Gasteiger partial charge in [0.05, 0.1) is 29.4 Å². The summed E-state index contributed by atoms with van der Waals surface area (Å²) in [6.45, 7) is 4.32. The van der Waals surface area contributed by atoms with Gasteiger partial charge in [-0.3, -0.25) is 0 Å². The van der Waals surface area contributed by atoms with Crippen LogP contribution in [0.2, 0.25) is 0 Å². The van der Waals surface area contributed by atoms with Crippen LogP contribution in [0.15, 0.2) is 24.5 Å². The Bertz CT molecular complexity index is 1050. The molecule has 4 rings (SSSR count). The van der Waals surface area contributed by atoms with E-state index in [2.05, 4.69) is 20.3 Å². The molecule has 1 aromatic carbocycles. The monoisotopic (exact) mass is 414 g/mol. The van der Waals surface area contributed by atoms with E-state index in [1.807, 2.05) is 13.8 Å². The second-order valence-electron chi connectivity index (χ2n) is 7.96. The van der Waals surface area contributed by atoms with E-state index >= 15 is 0 Å². The lowest BCUT2D eigenvalue weighted by atomic mass is 9.83. The fourth-order valence-electron chi connectivity index (χ4n) is 4.10. The molecule has 0 saturated carbocycles. The summed E-state index contributed by atoms with van der Waals surface area (Å²) in [4.78, 5) is 12.3. The van der Waals surface area contributed by atoms with Gasteiger partial charge >= 0.3 is 0 Å². The number of halogens is 1. The van der Waals surface area contributed by atoms with Crippen LogP contribution in [0.1, 0.15) is 31.5 Å². The first-order chi connectivity index (χ1) is 14.4. The van der Waals surface area contributed by atoms with Crippen LogP contribution >= 0.6 is 0 Å². The lowest BCUT2D eigenvalue weighted by Gasteiger charge is -2.35. The molecule has 0 amide bonds. The van der Waals surface area contributed by atoms with Crippen molar-refractivity contribution < 1.29 is 18.6 Å². The topological polar surface area (TPSA) is 81.3 Å². The van der Waals surface area contributed by atoms with Crippen molar-refractivity contribution in [2.75, 3.05) is 26.1 Å². The van der Waals surface area contributed by atoms with E-state index in [0.29, 0.717) is 30.3 Å². The zero-order valence-corrected chi connectivity index (χ0v) is 17.7. The van der Waals surface area contributed by atoms with E-state index in [-0.39, 0.29) is 17.5 Å². The molecule has 0 aliphatic heterocycles. The van der Waals surface area contributed by atoms with Crippen LogP contribution in [0, 0.1) is 5.82 Å². The molecule has 0 radical (unpaired) electrons. The molecule has 0 unspecified atom stereocenters. The summed E-state index contributed by atoms with van der Waals surface area (Å²) in [7, 11) is 3.41. The van der Waals surface area contributed by atoms with Crippen LogP contribution in [0.5, 0.6) is 5.75 Å². The van der Waals surface area contributed by atoms with Crippen LogP contribution in [-0.2, 0) is 22.3 Å². The van der Waals surface area contributed by atoms with Gasteiger partial charge in [0.25, 0.3) is 0 Å². The molecule has 8 heteroatoms. The first kappa shape index (κ1) is 20.6. The molecule has 160 valence electrons. The van der Waals surface area contributed by atoms with Crippen molar-refractivity contribution in [3.05, 3.63) is 41.6 Å². The highest BCUT2D eigenvalue weighted by molar-refractivity contribution is 5.93. The minimum atomic E-state index is -0.383. The number of aryl methyl sites for hydroxylation is 1. The summed E-state index contributed by atoms with van der Waals surface area (Å²) in [6, 6.07) is 4.43. The van der Waals surface area contributed by atoms with Crippen molar-refractivity contribution in [3.8, 4) is 5.75 Å². The largest absolute Gasteiger partial charge is 0.489 e. The molecular formula is C22H27FN4O3. The van der Waals surface area contributed by atoms with E-state index in [4.69, 9.17) is 14.2 Å². The minimum absolute atomic E-state index is 0.0888. The van der Waals surface area contributed by atoms with Crippen molar-refractivity contribution >= 4 is 22.5 Å². The molecule has 3 aromatic rings. The third-order valence-corrected chi connectivity index (χ3v) is 5.51. The van der Waals surface area contributed by atoms with Gasteiger partial charge < -0.3 is 24.5 Å². The number of aromatic amines is 1. The summed E-state index contributed by atoms with van der Waals surface area (Å²) in [5.41, 5.74) is 3.27. The molecule has 1 aliphatic carbocycles. The van der Waals surface area contributed by atoms with Crippen LogP contribution in [0.3, 0.4) is 0 Å². The molecule has 7 nitrogen and oxygen atoms in total. The minimum Gasteiger partial charge on any atom is -0.489 e. The highest BCUT2D eigenvalue weighted by atomic mass is 19.1. The maximum Gasteiger partial charge on any atom is 0.146 e. The number of hydrogen-bond donors (Lipinski definition) is 2. The number of aromatic nitrogens is 3. The van der Waals surface area contributed by atoms with Crippen molar-refractivity contribution in [1.82, 2.24) is 15.0 Å². The highest BCUT2D eigenvalue weighted by Gasteiger charge is 2.37. The van der Waals surface area contributed by atoms with Gasteiger partial charge in [-0.1, -0.05) is 0 Å². The lowest BCUT2D eigenvalue weighted by molar-refractivity contribution is -0.0721. The Hall–Kier alpha value is -2.71. The fourth-order valence-corrected chi connectivity index (χ4v) is 4.10. The van der Waals surface area contributed by atoms with E-state index < -0.39 is 0 Å². The summed E-state index contributed by atoms with van der Waals surface area (Å²) < 4.78 is 30.9. The third-order valence-electron chi connectivity index (χ3n) is 5.51. The van der Waals surface area contributed by atoms with E-state index in [1.165, 1.54) is 18.5 Å². The van der Waals surface area contributed by atoms with Crippen LogP contribution in [-0.4, -0.2) is 47.5 Å². The van der Waals surface area contributed by atoms with Gasteiger partial charge in [0.15, 0.2) is 0 Å². The fraction of sp³-hybridized carbons (Fsp3) is 0.455. The van der Waals surface area contributed by atoms with Gasteiger partial charge in [-0.15, -0.1) is 0 Å². The predicted molar refractivity (Wildman–Crippen MR) is 113 cm³/mol. The van der Waals surface area contributed by atoms with Gasteiger partial charge in [-0.2, -0.15) is 0 Å². The highest BCUT2D eigenvalue weighted by Crippen LogP contribution is 2.39. The zero-order chi connectivity index (χ0) is 21.3. The second-order valence-corrected chi connectivity index (χ2v) is 7.96. The number of nitrogens with zero attached hydrogens (tertiary/aromatic N) is 2. The number of anilines is 2. The molecular weight excluding hydrogens is 387 g/mol. The van der Waals surface area contributed by atoms with E-state index in [1.54, 1.807) is 20.3 Å². The molecule has 0 fully saturated rings. The molecule has 0 bridgehead atoms. The van der Waals surface area contributed by atoms with Crippen molar-refractivity contribution in [2.45, 2.75) is 44.8 Å². The smallest absolute Gasteiger partial charge is 0.146 e. The standard InChI is InChI=1S/C22H27FN4O3/c1-13(2)30-18-9-14(23)5-6-17(18)27-21-19-15-10-22(29-4,11-28-3)8-7-16(15)26-20(19)24-12-25-21/h5-6,9,12-13H,7-8,10-11H2,1-4H3,(H2,24,25,26,27)/t22-/m0/s1. The number of hydrogen-bond acceptors (Lipinski definition) is 6. The van der Waals surface area contributed by atoms with Crippen LogP contribution in [0.4, 0.5) is 15.9 Å². The lowest BCUT2D eigenvalue weighted by Crippen LogP contribution is -2.42. The first-order valence-electron chi connectivity index (χ1n) is 10.1. The Balaban J connectivity index is 1.77. The molecule has 1 atom stereocenters. The van der Waals surface area contributed by atoms with E-state index in [9.17, 15) is 4.39 Å². The van der Waals surface area contributed by atoms with Crippen molar-refractivity contribution in [1.29, 1.82) is 0 Å². The average Bonchev–Trinajstić information content (AvgIpc) is 3.08. The maximum atomic E-state index is 13.8. The van der Waals surface area contributed by atoms with Crippen molar-refractivity contribution in [2.24, 2.45) is 0 Å². The molecule has 30 heavy (non-hydrogen) atoms. The molecule has 2 aromatic heterocycles. The molecule has 2 N–H and O–H groups in total. The molecule has 0 saturated heterocycles. The van der Waals surface area contributed by atoms with Crippen LogP contribution in [0.25, 0.3) is 11.0 Å². The number of methoxy groups -OCH3 is 2. The SMILES string of the molecule is COC[C@]1(OC)CCc2[nH]c3ncnc(Nc4ccc(F)cc4OC(C)C)c3c2C1. The number of nitrogens with one attached hydrogen (secondary N) is 2. The van der Waals surface area contributed by atoms with E-state index in [0.717, 1.165) is 35.1 Å². The quantitative estimate of drug-likeness (QED) is 0.605. The number of ether oxygens (including phenoxy) is 3. The second kappa shape index (κ2) is 8.20. The third kappa shape index (κ3) is 3.85. The number of fused-ring (bicyclic) bond motifs is 3. The average molecular weight is 414 g/mol. The van der Waals surface area contributed by atoms with Gasteiger partial charge in [0.1, 0.15) is 29.4 Å². The van der Waals surface area contributed by atoms with Crippen molar-refractivity contribution in [3.63, 3.8) is 0 Å². The zero-order valence-electron chi connectivity index (χ0n) is 17.7. The normalized spacial score (nSPS) is 18.6. The summed E-state index contributed by atoms with van der Waals surface area (Å²) in [5, 5.41) is 4.23. The molecule has 0 spiro atoms. The Morgan fingerprint density at radius 2 is 2.10 bits per heavy atom. The van der Waals surface area contributed by atoms with Crippen LogP contribution < -0.4 is 10.1 Å². The summed E-state index contributed by atoms with van der Waals surface area (Å²) in [5.74, 6) is 0.723. The molecule has 1 aliphatic rings. The van der Waals surface area contributed by atoms with Gasteiger partial charge in [-0.25, -0.2) is 14.4 Å².